The van der Waals surface area contributed by atoms with Crippen LogP contribution in [0.25, 0.3) is 0 Å². The maximum atomic E-state index is 14.4. The Morgan fingerprint density at radius 1 is 0.741 bits per heavy atom. The first-order chi connectivity index (χ1) is 13.3. The summed E-state index contributed by atoms with van der Waals surface area (Å²) in [6.45, 7) is 2.40. The molecule has 4 heteroatoms. The molecule has 0 unspecified atom stereocenters. The van der Waals surface area contributed by atoms with Crippen molar-refractivity contribution in [3.63, 3.8) is 0 Å². The van der Waals surface area contributed by atoms with Gasteiger partial charge in [0.2, 0.25) is 7.29 Å². The minimum Gasteiger partial charge on any atom is -0.299 e. The normalized spacial score (nSPS) is 24.6. The van der Waals surface area contributed by atoms with Crippen LogP contribution in [0, 0.1) is 0 Å². The Kier molecular flexibility index (Phi) is 6.12. The lowest BCUT2D eigenvalue weighted by Crippen LogP contribution is -2.53. The van der Waals surface area contributed by atoms with Crippen LogP contribution in [0.15, 0.2) is 60.7 Å². The van der Waals surface area contributed by atoms with E-state index < -0.39 is 7.29 Å². The Hall–Kier alpha value is -1.41. The lowest BCUT2D eigenvalue weighted by molar-refractivity contribution is 0.109. The number of hydrogen-bond acceptors (Lipinski definition) is 2. The summed E-state index contributed by atoms with van der Waals surface area (Å²) in [7, 11) is -2.86. The molecule has 0 radical (unpaired) electrons. The van der Waals surface area contributed by atoms with Gasteiger partial charge >= 0.3 is 0 Å². The highest BCUT2D eigenvalue weighted by Crippen LogP contribution is 2.41. The molecular formula is C23H31N2OP. The summed E-state index contributed by atoms with van der Waals surface area (Å²) in [4.78, 5) is 2.67. The first-order valence-electron chi connectivity index (χ1n) is 10.5. The molecule has 2 fully saturated rings. The topological polar surface area (TPSA) is 32.3 Å². The SMILES string of the molecule is O=P(N[C@@H]1CCCC[C@H]1N1CCCCC1)(c1ccccc1)c1ccccc1. The number of nitrogens with one attached hydrogen (secondary N) is 1. The standard InChI is InChI=1S/C23H31N2OP/c26-27(20-12-4-1-5-13-20,21-14-6-2-7-15-21)24-22-16-8-9-17-23(22)25-18-10-3-11-19-25/h1-2,4-7,12-15,22-23H,3,8-11,16-19H2,(H,24,26)/t22-,23-/m1/s1. The molecule has 0 aromatic heterocycles. The van der Waals surface area contributed by atoms with Gasteiger partial charge in [0.1, 0.15) is 0 Å². The molecule has 2 aromatic carbocycles. The van der Waals surface area contributed by atoms with Gasteiger partial charge in [-0.05, 0) is 63.0 Å². The molecule has 1 N–H and O–H groups in total. The molecule has 2 atom stereocenters. The van der Waals surface area contributed by atoms with Gasteiger partial charge in [-0.3, -0.25) is 14.6 Å². The quantitative estimate of drug-likeness (QED) is 0.783. The zero-order valence-corrected chi connectivity index (χ0v) is 17.0. The molecule has 4 rings (SSSR count). The second kappa shape index (κ2) is 8.73. The van der Waals surface area contributed by atoms with Crippen LogP contribution < -0.4 is 15.7 Å². The van der Waals surface area contributed by atoms with Gasteiger partial charge in [0.05, 0.1) is 0 Å². The van der Waals surface area contributed by atoms with Crippen molar-refractivity contribution in [3.05, 3.63) is 60.7 Å². The summed E-state index contributed by atoms with van der Waals surface area (Å²) in [5, 5.41) is 5.56. The van der Waals surface area contributed by atoms with Gasteiger partial charge in [0.25, 0.3) is 0 Å². The van der Waals surface area contributed by atoms with E-state index in [1.54, 1.807) is 0 Å². The summed E-state index contributed by atoms with van der Waals surface area (Å²) in [5.74, 6) is 0. The van der Waals surface area contributed by atoms with Crippen LogP contribution in [-0.2, 0) is 4.57 Å². The van der Waals surface area contributed by atoms with E-state index in [-0.39, 0.29) is 0 Å². The summed E-state index contributed by atoms with van der Waals surface area (Å²) in [5.41, 5.74) is 0. The predicted octanol–water partition coefficient (Wildman–Crippen LogP) is 4.30. The molecule has 1 saturated heterocycles. The van der Waals surface area contributed by atoms with Gasteiger partial charge in [-0.1, -0.05) is 55.7 Å². The molecule has 27 heavy (non-hydrogen) atoms. The third kappa shape index (κ3) is 4.21. The van der Waals surface area contributed by atoms with Gasteiger partial charge in [0, 0.05) is 22.7 Å². The zero-order chi connectivity index (χ0) is 18.5. The molecule has 144 valence electrons. The van der Waals surface area contributed by atoms with Gasteiger partial charge in [-0.25, -0.2) is 0 Å². The van der Waals surface area contributed by atoms with Crippen LogP contribution in [0.5, 0.6) is 0 Å². The highest BCUT2D eigenvalue weighted by atomic mass is 31.2. The van der Waals surface area contributed by atoms with E-state index >= 15 is 0 Å². The molecule has 2 aromatic rings. The maximum Gasteiger partial charge on any atom is 0.204 e. The molecule has 3 nitrogen and oxygen atoms in total. The molecule has 0 bridgehead atoms. The highest BCUT2D eigenvalue weighted by molar-refractivity contribution is 7.76. The number of likely N-dealkylation sites (tertiary alicyclic amines) is 1. The smallest absolute Gasteiger partial charge is 0.204 e. The molecule has 2 aliphatic rings. The Labute approximate surface area is 163 Å². The zero-order valence-electron chi connectivity index (χ0n) is 16.1. The molecule has 1 heterocycles. The third-order valence-electron chi connectivity index (χ3n) is 6.18. The fraction of sp³-hybridized carbons (Fsp3) is 0.478. The van der Waals surface area contributed by atoms with Crippen molar-refractivity contribution in [1.82, 2.24) is 9.99 Å². The predicted molar refractivity (Wildman–Crippen MR) is 114 cm³/mol. The van der Waals surface area contributed by atoms with Crippen molar-refractivity contribution in [3.8, 4) is 0 Å². The first kappa shape index (κ1) is 18.9. The van der Waals surface area contributed by atoms with Gasteiger partial charge in [-0.2, -0.15) is 0 Å². The third-order valence-corrected chi connectivity index (χ3v) is 8.92. The van der Waals surface area contributed by atoms with Gasteiger partial charge in [0.15, 0.2) is 0 Å². The van der Waals surface area contributed by atoms with Crippen molar-refractivity contribution < 1.29 is 4.57 Å². The van der Waals surface area contributed by atoms with Crippen LogP contribution >= 0.6 is 7.29 Å². The van der Waals surface area contributed by atoms with Crippen molar-refractivity contribution in [2.75, 3.05) is 13.1 Å². The second-order valence-electron chi connectivity index (χ2n) is 7.96. The van der Waals surface area contributed by atoms with E-state index in [1.165, 1.54) is 51.6 Å². The van der Waals surface area contributed by atoms with E-state index in [9.17, 15) is 4.57 Å². The molecule has 1 aliphatic heterocycles. The minimum absolute atomic E-state index is 0.295. The van der Waals surface area contributed by atoms with E-state index in [1.807, 2.05) is 60.7 Å². The molecule has 1 aliphatic carbocycles. The van der Waals surface area contributed by atoms with Crippen LogP contribution in [0.3, 0.4) is 0 Å². The van der Waals surface area contributed by atoms with Crippen LogP contribution in [-0.4, -0.2) is 30.1 Å². The lowest BCUT2D eigenvalue weighted by atomic mass is 9.89. The highest BCUT2D eigenvalue weighted by Gasteiger charge is 2.37. The second-order valence-corrected chi connectivity index (χ2v) is 10.5. The Morgan fingerprint density at radius 3 is 1.89 bits per heavy atom. The van der Waals surface area contributed by atoms with Crippen molar-refractivity contribution in [2.45, 2.75) is 57.0 Å². The van der Waals surface area contributed by atoms with Crippen molar-refractivity contribution in [2.24, 2.45) is 0 Å². The van der Waals surface area contributed by atoms with E-state index in [2.05, 4.69) is 9.99 Å². The van der Waals surface area contributed by atoms with Gasteiger partial charge in [-0.15, -0.1) is 0 Å². The number of rotatable bonds is 5. The summed E-state index contributed by atoms with van der Waals surface area (Å²) >= 11 is 0. The molecule has 0 amide bonds. The maximum absolute atomic E-state index is 14.4. The van der Waals surface area contributed by atoms with Crippen LogP contribution in [0.2, 0.25) is 0 Å². The fourth-order valence-electron chi connectivity index (χ4n) is 4.76. The Morgan fingerprint density at radius 2 is 1.30 bits per heavy atom. The first-order valence-corrected chi connectivity index (χ1v) is 12.2. The fourth-order valence-corrected chi connectivity index (χ4v) is 7.30. The Balaban J connectivity index is 1.65. The van der Waals surface area contributed by atoms with Crippen LogP contribution in [0.1, 0.15) is 44.9 Å². The van der Waals surface area contributed by atoms with Crippen LogP contribution in [0.4, 0.5) is 0 Å². The summed E-state index contributed by atoms with van der Waals surface area (Å²) in [6, 6.07) is 20.8. The number of hydrogen-bond donors (Lipinski definition) is 1. The number of benzene rings is 2. The molecule has 0 spiro atoms. The molecular weight excluding hydrogens is 351 g/mol. The van der Waals surface area contributed by atoms with Gasteiger partial charge < -0.3 is 0 Å². The number of nitrogens with zero attached hydrogens (tertiary/aromatic N) is 1. The van der Waals surface area contributed by atoms with E-state index in [0.717, 1.165) is 17.0 Å². The minimum atomic E-state index is -2.86. The lowest BCUT2D eigenvalue weighted by Gasteiger charge is -2.43. The van der Waals surface area contributed by atoms with Crippen molar-refractivity contribution >= 4 is 17.9 Å². The summed E-state index contributed by atoms with van der Waals surface area (Å²) < 4.78 is 14.4. The molecule has 1 saturated carbocycles. The van der Waals surface area contributed by atoms with Crippen molar-refractivity contribution in [1.29, 1.82) is 0 Å². The van der Waals surface area contributed by atoms with E-state index in [4.69, 9.17) is 0 Å². The number of piperidine rings is 1. The monoisotopic (exact) mass is 382 g/mol. The average molecular weight is 382 g/mol. The Bertz CT molecular complexity index is 715. The van der Waals surface area contributed by atoms with E-state index in [0.29, 0.717) is 12.1 Å². The largest absolute Gasteiger partial charge is 0.299 e. The summed E-state index contributed by atoms with van der Waals surface area (Å²) in [6.07, 6.45) is 8.82. The average Bonchev–Trinajstić information content (AvgIpc) is 2.76.